The Labute approximate surface area is 172 Å². The highest BCUT2D eigenvalue weighted by Gasteiger charge is 2.33. The third-order valence-electron chi connectivity index (χ3n) is 5.40. The van der Waals surface area contributed by atoms with Crippen LogP contribution in [-0.2, 0) is 4.79 Å². The number of rotatable bonds is 8. The van der Waals surface area contributed by atoms with Crippen LogP contribution in [0.2, 0.25) is 0 Å². The molecule has 0 saturated carbocycles. The summed E-state index contributed by atoms with van der Waals surface area (Å²) in [4.78, 5) is 13.9. The Morgan fingerprint density at radius 2 is 1.93 bits per heavy atom. The van der Waals surface area contributed by atoms with Crippen molar-refractivity contribution in [3.8, 4) is 17.2 Å². The van der Waals surface area contributed by atoms with E-state index in [1.807, 2.05) is 49.4 Å². The summed E-state index contributed by atoms with van der Waals surface area (Å²) in [6.07, 6.45) is 1.55. The summed E-state index contributed by atoms with van der Waals surface area (Å²) in [6, 6.07) is 13.7. The van der Waals surface area contributed by atoms with Gasteiger partial charge in [0.1, 0.15) is 5.75 Å². The van der Waals surface area contributed by atoms with Gasteiger partial charge < -0.3 is 19.3 Å². The molecule has 0 spiro atoms. The van der Waals surface area contributed by atoms with Crippen LogP contribution < -0.4 is 14.2 Å². The summed E-state index contributed by atoms with van der Waals surface area (Å²) in [5.41, 5.74) is 2.02. The fourth-order valence-electron chi connectivity index (χ4n) is 4.07. The van der Waals surface area contributed by atoms with Gasteiger partial charge in [0, 0.05) is 12.1 Å². The molecule has 1 aliphatic heterocycles. The summed E-state index contributed by atoms with van der Waals surface area (Å²) in [7, 11) is 3.25. The van der Waals surface area contributed by atoms with Crippen LogP contribution >= 0.6 is 0 Å². The quantitative estimate of drug-likeness (QED) is 0.724. The molecular weight excluding hydrogens is 370 g/mol. The Kier molecular flexibility index (Phi) is 6.99. The molecule has 29 heavy (non-hydrogen) atoms. The molecule has 2 aromatic rings. The number of carboxylic acid groups (broad SMARTS) is 1. The van der Waals surface area contributed by atoms with Gasteiger partial charge in [-0.15, -0.1) is 0 Å². The van der Waals surface area contributed by atoms with E-state index in [9.17, 15) is 9.90 Å². The van der Waals surface area contributed by atoms with E-state index in [-0.39, 0.29) is 12.0 Å². The van der Waals surface area contributed by atoms with Crippen molar-refractivity contribution in [2.75, 3.05) is 33.9 Å². The molecule has 1 N–H and O–H groups in total. The van der Waals surface area contributed by atoms with Crippen molar-refractivity contribution in [1.29, 1.82) is 0 Å². The molecule has 2 atom stereocenters. The molecule has 6 nitrogen and oxygen atoms in total. The third kappa shape index (κ3) is 4.65. The number of hydrogen-bond acceptors (Lipinski definition) is 5. The highest BCUT2D eigenvalue weighted by molar-refractivity contribution is 5.70. The molecule has 1 fully saturated rings. The average molecular weight is 399 g/mol. The molecule has 0 bridgehead atoms. The maximum atomic E-state index is 11.6. The largest absolute Gasteiger partial charge is 0.494 e. The van der Waals surface area contributed by atoms with Gasteiger partial charge in [-0.3, -0.25) is 9.69 Å². The minimum atomic E-state index is -0.738. The first kappa shape index (κ1) is 21.0. The number of para-hydroxylation sites is 1. The first-order valence-electron chi connectivity index (χ1n) is 9.99. The fourth-order valence-corrected chi connectivity index (χ4v) is 4.07. The number of likely N-dealkylation sites (tertiary alicyclic amines) is 1. The average Bonchev–Trinajstić information content (AvgIpc) is 2.75. The predicted octanol–water partition coefficient (Wildman–Crippen LogP) is 3.99. The zero-order valence-electron chi connectivity index (χ0n) is 17.3. The van der Waals surface area contributed by atoms with Gasteiger partial charge in [-0.05, 0) is 50.1 Å². The van der Waals surface area contributed by atoms with Gasteiger partial charge in [0.25, 0.3) is 0 Å². The second-order valence-electron chi connectivity index (χ2n) is 7.16. The zero-order valence-corrected chi connectivity index (χ0v) is 17.3. The highest BCUT2D eigenvalue weighted by atomic mass is 16.5. The second-order valence-corrected chi connectivity index (χ2v) is 7.16. The third-order valence-corrected chi connectivity index (χ3v) is 5.40. The number of piperidine rings is 1. The molecule has 1 heterocycles. The molecule has 0 aliphatic carbocycles. The number of carbonyl (C=O) groups is 1. The molecule has 0 radical (unpaired) electrons. The monoisotopic (exact) mass is 399 g/mol. The fraction of sp³-hybridized carbons (Fsp3) is 0.435. The number of methoxy groups -OCH3 is 2. The van der Waals surface area contributed by atoms with Crippen LogP contribution in [0.5, 0.6) is 17.2 Å². The van der Waals surface area contributed by atoms with Gasteiger partial charge in [0.15, 0.2) is 11.5 Å². The topological polar surface area (TPSA) is 68.2 Å². The zero-order chi connectivity index (χ0) is 20.8. The normalized spacial score (nSPS) is 18.1. The number of ether oxygens (including phenoxy) is 3. The van der Waals surface area contributed by atoms with Crippen molar-refractivity contribution in [2.24, 2.45) is 5.92 Å². The number of hydrogen-bond donors (Lipinski definition) is 1. The van der Waals surface area contributed by atoms with Crippen LogP contribution in [0.3, 0.4) is 0 Å². The van der Waals surface area contributed by atoms with Crippen molar-refractivity contribution in [2.45, 2.75) is 25.8 Å². The van der Waals surface area contributed by atoms with Crippen LogP contribution in [-0.4, -0.2) is 49.9 Å². The molecule has 2 unspecified atom stereocenters. The van der Waals surface area contributed by atoms with E-state index in [1.165, 1.54) is 0 Å². The maximum absolute atomic E-state index is 11.6. The number of nitrogens with zero attached hydrogens (tertiary/aromatic N) is 1. The van der Waals surface area contributed by atoms with Gasteiger partial charge in [-0.2, -0.15) is 0 Å². The number of aliphatic carboxylic acids is 1. The van der Waals surface area contributed by atoms with Gasteiger partial charge >= 0.3 is 5.97 Å². The molecule has 6 heteroatoms. The smallest absolute Gasteiger partial charge is 0.307 e. The molecule has 2 aromatic carbocycles. The minimum absolute atomic E-state index is 0.141. The lowest BCUT2D eigenvalue weighted by molar-refractivity contribution is -0.143. The summed E-state index contributed by atoms with van der Waals surface area (Å²) in [5, 5.41) is 9.57. The predicted molar refractivity (Wildman–Crippen MR) is 111 cm³/mol. The van der Waals surface area contributed by atoms with Gasteiger partial charge in [-0.25, -0.2) is 0 Å². The maximum Gasteiger partial charge on any atom is 0.307 e. The van der Waals surface area contributed by atoms with Crippen molar-refractivity contribution >= 4 is 5.97 Å². The van der Waals surface area contributed by atoms with Gasteiger partial charge in [0.05, 0.1) is 32.8 Å². The molecule has 3 rings (SSSR count). The number of benzene rings is 2. The summed E-state index contributed by atoms with van der Waals surface area (Å²) < 4.78 is 16.8. The van der Waals surface area contributed by atoms with E-state index >= 15 is 0 Å². The van der Waals surface area contributed by atoms with Crippen molar-refractivity contribution < 1.29 is 24.1 Å². The Balaban J connectivity index is 2.06. The van der Waals surface area contributed by atoms with Crippen LogP contribution in [0.4, 0.5) is 0 Å². The Morgan fingerprint density at radius 1 is 1.17 bits per heavy atom. The molecule has 1 saturated heterocycles. The van der Waals surface area contributed by atoms with Crippen molar-refractivity contribution in [3.05, 3.63) is 53.6 Å². The molecule has 1 aliphatic rings. The van der Waals surface area contributed by atoms with Crippen molar-refractivity contribution in [1.82, 2.24) is 4.90 Å². The lowest BCUT2D eigenvalue weighted by Gasteiger charge is -2.38. The van der Waals surface area contributed by atoms with Crippen molar-refractivity contribution in [3.63, 3.8) is 0 Å². The van der Waals surface area contributed by atoms with E-state index in [2.05, 4.69) is 4.90 Å². The highest BCUT2D eigenvalue weighted by Crippen LogP contribution is 2.41. The molecule has 156 valence electrons. The van der Waals surface area contributed by atoms with Crippen LogP contribution in [0.1, 0.15) is 36.9 Å². The van der Waals surface area contributed by atoms with E-state index < -0.39 is 5.97 Å². The van der Waals surface area contributed by atoms with Gasteiger partial charge in [-0.1, -0.05) is 24.3 Å². The second kappa shape index (κ2) is 9.65. The summed E-state index contributed by atoms with van der Waals surface area (Å²) in [5.74, 6) is 1.04. The van der Waals surface area contributed by atoms with E-state index in [0.29, 0.717) is 31.1 Å². The standard InChI is InChI=1S/C23H29NO5/c1-4-29-18-12-10-16(11-13-18)21(24-14-6-7-17(15-24)23(25)26)19-8-5-9-20(27-2)22(19)28-3/h5,8-13,17,21H,4,6-7,14-15H2,1-3H3,(H,25,26). The van der Waals surface area contributed by atoms with Crippen LogP contribution in [0.25, 0.3) is 0 Å². The Hall–Kier alpha value is -2.73. The van der Waals surface area contributed by atoms with E-state index in [0.717, 1.165) is 29.8 Å². The van der Waals surface area contributed by atoms with E-state index in [1.54, 1.807) is 14.2 Å². The minimum Gasteiger partial charge on any atom is -0.494 e. The van der Waals surface area contributed by atoms with Crippen LogP contribution in [0.15, 0.2) is 42.5 Å². The van der Waals surface area contributed by atoms with Gasteiger partial charge in [0.2, 0.25) is 0 Å². The Morgan fingerprint density at radius 3 is 2.55 bits per heavy atom. The SMILES string of the molecule is CCOc1ccc(C(c2cccc(OC)c2OC)N2CCCC(C(=O)O)C2)cc1. The Bertz CT molecular complexity index is 821. The lowest BCUT2D eigenvalue weighted by atomic mass is 9.91. The summed E-state index contributed by atoms with van der Waals surface area (Å²) in [6.45, 7) is 3.88. The lowest BCUT2D eigenvalue weighted by Crippen LogP contribution is -2.41. The molecule has 0 aromatic heterocycles. The summed E-state index contributed by atoms with van der Waals surface area (Å²) >= 11 is 0. The molecule has 0 amide bonds. The first-order valence-corrected chi connectivity index (χ1v) is 9.99. The molecular formula is C23H29NO5. The van der Waals surface area contributed by atoms with E-state index in [4.69, 9.17) is 14.2 Å². The number of carboxylic acids is 1. The van der Waals surface area contributed by atoms with Crippen LogP contribution in [0, 0.1) is 5.92 Å². The first-order chi connectivity index (χ1) is 14.1.